The van der Waals surface area contributed by atoms with E-state index in [2.05, 4.69) is 20.7 Å². The molecular weight excluding hydrogens is 450 g/mol. The van der Waals surface area contributed by atoms with Gasteiger partial charge in [-0.15, -0.1) is 10.2 Å². The predicted octanol–water partition coefficient (Wildman–Crippen LogP) is 4.20. The van der Waals surface area contributed by atoms with E-state index in [0.29, 0.717) is 11.0 Å². The highest BCUT2D eigenvalue weighted by Crippen LogP contribution is 2.29. The first-order valence-corrected chi connectivity index (χ1v) is 11.4. The summed E-state index contributed by atoms with van der Waals surface area (Å²) in [5.41, 5.74) is 6.19. The van der Waals surface area contributed by atoms with Gasteiger partial charge >= 0.3 is 0 Å². The van der Waals surface area contributed by atoms with Crippen molar-refractivity contribution < 1.29 is 14.6 Å². The molecule has 4 aromatic rings. The molecule has 2 N–H and O–H groups in total. The second-order valence-electron chi connectivity index (χ2n) is 7.38. The molecule has 0 aliphatic carbocycles. The molecule has 8 nitrogen and oxygen atoms in total. The number of nitrogens with one attached hydrogen (secondary N) is 1. The van der Waals surface area contributed by atoms with E-state index in [1.807, 2.05) is 60.0 Å². The molecule has 0 saturated heterocycles. The van der Waals surface area contributed by atoms with Crippen LogP contribution in [0.2, 0.25) is 0 Å². The molecule has 0 saturated carbocycles. The smallest absolute Gasteiger partial charge is 0.250 e. The summed E-state index contributed by atoms with van der Waals surface area (Å²) < 4.78 is 7.18. The molecule has 0 atom stereocenters. The van der Waals surface area contributed by atoms with Gasteiger partial charge in [0.2, 0.25) is 0 Å². The maximum Gasteiger partial charge on any atom is 0.250 e. The van der Waals surface area contributed by atoms with E-state index in [1.54, 1.807) is 31.4 Å². The Hall–Kier alpha value is -4.11. The summed E-state index contributed by atoms with van der Waals surface area (Å²) in [5.74, 6) is 1.43. The number of phenolic OH excluding ortho intramolecular Hbond substituents is 1. The zero-order chi connectivity index (χ0) is 23.9. The highest BCUT2D eigenvalue weighted by atomic mass is 32.2. The predicted molar refractivity (Wildman–Crippen MR) is 133 cm³/mol. The SMILES string of the molecule is COc1ccc(-c2nnc(SCC(=O)N/N=C\c3ccc(O)cc3)n2-c2ccc(C)cc2)cc1. The number of thioether (sulfide) groups is 1. The maximum atomic E-state index is 12.3. The zero-order valence-corrected chi connectivity index (χ0v) is 19.5. The molecule has 0 spiro atoms. The fourth-order valence-corrected chi connectivity index (χ4v) is 3.86. The third-order valence-electron chi connectivity index (χ3n) is 4.90. The lowest BCUT2D eigenvalue weighted by atomic mass is 10.2. The summed E-state index contributed by atoms with van der Waals surface area (Å²) in [4.78, 5) is 12.3. The van der Waals surface area contributed by atoms with Gasteiger partial charge in [0.05, 0.1) is 19.1 Å². The average Bonchev–Trinajstić information content (AvgIpc) is 3.28. The van der Waals surface area contributed by atoms with Gasteiger partial charge in [0.25, 0.3) is 5.91 Å². The zero-order valence-electron chi connectivity index (χ0n) is 18.7. The molecule has 172 valence electrons. The van der Waals surface area contributed by atoms with Crippen LogP contribution in [0.25, 0.3) is 17.1 Å². The van der Waals surface area contributed by atoms with Gasteiger partial charge in [-0.05, 0) is 73.2 Å². The van der Waals surface area contributed by atoms with Crippen molar-refractivity contribution in [2.75, 3.05) is 12.9 Å². The molecule has 0 radical (unpaired) electrons. The van der Waals surface area contributed by atoms with Crippen molar-refractivity contribution in [1.82, 2.24) is 20.2 Å². The lowest BCUT2D eigenvalue weighted by Crippen LogP contribution is -2.20. The molecule has 9 heteroatoms. The minimum Gasteiger partial charge on any atom is -0.508 e. The van der Waals surface area contributed by atoms with E-state index in [1.165, 1.54) is 18.0 Å². The normalized spacial score (nSPS) is 11.0. The number of aromatic hydroxyl groups is 1. The number of nitrogens with zero attached hydrogens (tertiary/aromatic N) is 4. The fourth-order valence-electron chi connectivity index (χ4n) is 3.12. The van der Waals surface area contributed by atoms with Gasteiger partial charge < -0.3 is 9.84 Å². The van der Waals surface area contributed by atoms with Crippen LogP contribution in [0, 0.1) is 6.92 Å². The summed E-state index contributed by atoms with van der Waals surface area (Å²) in [7, 11) is 1.62. The molecule has 1 amide bonds. The van der Waals surface area contributed by atoms with E-state index in [4.69, 9.17) is 4.74 Å². The first-order valence-electron chi connectivity index (χ1n) is 10.4. The van der Waals surface area contributed by atoms with Crippen LogP contribution in [0.4, 0.5) is 0 Å². The van der Waals surface area contributed by atoms with Gasteiger partial charge in [-0.2, -0.15) is 5.10 Å². The van der Waals surface area contributed by atoms with Crippen LogP contribution in [0.3, 0.4) is 0 Å². The summed E-state index contributed by atoms with van der Waals surface area (Å²) in [6.07, 6.45) is 1.51. The van der Waals surface area contributed by atoms with Crippen molar-refractivity contribution in [2.24, 2.45) is 5.10 Å². The Balaban J connectivity index is 1.51. The number of aryl methyl sites for hydroxylation is 1. The second kappa shape index (κ2) is 10.7. The van der Waals surface area contributed by atoms with Crippen molar-refractivity contribution in [3.05, 3.63) is 83.9 Å². The number of rotatable bonds is 8. The standard InChI is InChI=1S/C25H23N5O3S/c1-17-3-9-20(10-4-17)30-24(19-7-13-22(33-2)14-8-19)28-29-25(30)34-16-23(32)27-26-15-18-5-11-21(31)12-6-18/h3-15,31H,16H2,1-2H3,(H,27,32)/b26-15-. The maximum absolute atomic E-state index is 12.3. The highest BCUT2D eigenvalue weighted by molar-refractivity contribution is 7.99. The van der Waals surface area contributed by atoms with E-state index < -0.39 is 0 Å². The number of carbonyl (C=O) groups excluding carboxylic acids is 1. The number of carbonyl (C=O) groups is 1. The third kappa shape index (κ3) is 5.62. The lowest BCUT2D eigenvalue weighted by molar-refractivity contribution is -0.118. The van der Waals surface area contributed by atoms with Crippen LogP contribution in [-0.4, -0.2) is 44.9 Å². The number of hydrazone groups is 1. The Labute approximate surface area is 201 Å². The molecule has 0 unspecified atom stereocenters. The van der Waals surface area contributed by atoms with Crippen molar-refractivity contribution >= 4 is 23.9 Å². The molecule has 1 aromatic heterocycles. The second-order valence-corrected chi connectivity index (χ2v) is 8.32. The van der Waals surface area contributed by atoms with E-state index >= 15 is 0 Å². The number of methoxy groups -OCH3 is 1. The summed E-state index contributed by atoms with van der Waals surface area (Å²) in [6, 6.07) is 22.1. The van der Waals surface area contributed by atoms with Crippen LogP contribution in [0.1, 0.15) is 11.1 Å². The molecule has 3 aromatic carbocycles. The number of aromatic nitrogens is 3. The minimum atomic E-state index is -0.274. The molecule has 4 rings (SSSR count). The largest absolute Gasteiger partial charge is 0.508 e. The number of amides is 1. The Morgan fingerprint density at radius 2 is 1.76 bits per heavy atom. The summed E-state index contributed by atoms with van der Waals surface area (Å²) in [5, 5.41) is 22.6. The summed E-state index contributed by atoms with van der Waals surface area (Å²) >= 11 is 1.27. The average molecular weight is 474 g/mol. The lowest BCUT2D eigenvalue weighted by Gasteiger charge is -2.11. The Bertz CT molecular complexity index is 1280. The Kier molecular flexibility index (Phi) is 7.24. The van der Waals surface area contributed by atoms with Crippen LogP contribution in [-0.2, 0) is 4.79 Å². The van der Waals surface area contributed by atoms with E-state index in [-0.39, 0.29) is 17.4 Å². The molecule has 0 bridgehead atoms. The molecular formula is C25H23N5O3S. The van der Waals surface area contributed by atoms with Gasteiger partial charge in [0, 0.05) is 11.3 Å². The van der Waals surface area contributed by atoms with Crippen molar-refractivity contribution in [1.29, 1.82) is 0 Å². The van der Waals surface area contributed by atoms with E-state index in [9.17, 15) is 9.90 Å². The van der Waals surface area contributed by atoms with Crippen LogP contribution in [0.5, 0.6) is 11.5 Å². The Morgan fingerprint density at radius 3 is 2.44 bits per heavy atom. The van der Waals surface area contributed by atoms with Crippen molar-refractivity contribution in [3.8, 4) is 28.6 Å². The number of hydrogen-bond acceptors (Lipinski definition) is 7. The van der Waals surface area contributed by atoms with E-state index in [0.717, 1.165) is 28.1 Å². The monoisotopic (exact) mass is 473 g/mol. The van der Waals surface area contributed by atoms with Gasteiger partial charge in [-0.3, -0.25) is 9.36 Å². The molecule has 0 aliphatic rings. The first kappa shape index (κ1) is 23.1. The molecule has 0 aliphatic heterocycles. The third-order valence-corrected chi connectivity index (χ3v) is 5.83. The fraction of sp³-hybridized carbons (Fsp3) is 0.120. The minimum absolute atomic E-state index is 0.111. The Morgan fingerprint density at radius 1 is 1.06 bits per heavy atom. The van der Waals surface area contributed by atoms with Crippen LogP contribution < -0.4 is 10.2 Å². The van der Waals surface area contributed by atoms with Crippen LogP contribution in [0.15, 0.2) is 83.1 Å². The van der Waals surface area contributed by atoms with Gasteiger partial charge in [-0.25, -0.2) is 5.43 Å². The summed E-state index contributed by atoms with van der Waals surface area (Å²) in [6.45, 7) is 2.03. The molecule has 1 heterocycles. The van der Waals surface area contributed by atoms with Crippen molar-refractivity contribution in [2.45, 2.75) is 12.1 Å². The highest BCUT2D eigenvalue weighted by Gasteiger charge is 2.17. The number of phenols is 1. The molecule has 0 fully saturated rings. The van der Waals surface area contributed by atoms with Crippen molar-refractivity contribution in [3.63, 3.8) is 0 Å². The quantitative estimate of drug-likeness (QED) is 0.226. The number of ether oxygens (including phenoxy) is 1. The van der Waals surface area contributed by atoms with Gasteiger partial charge in [0.1, 0.15) is 11.5 Å². The molecule has 34 heavy (non-hydrogen) atoms. The van der Waals surface area contributed by atoms with Crippen LogP contribution >= 0.6 is 11.8 Å². The van der Waals surface area contributed by atoms with Gasteiger partial charge in [0.15, 0.2) is 11.0 Å². The van der Waals surface area contributed by atoms with Gasteiger partial charge in [-0.1, -0.05) is 29.5 Å². The first-order chi connectivity index (χ1) is 16.5. The number of hydrogen-bond donors (Lipinski definition) is 2. The topological polar surface area (TPSA) is 102 Å². The number of benzene rings is 3.